The summed E-state index contributed by atoms with van der Waals surface area (Å²) in [7, 11) is 0. The minimum Gasteiger partial charge on any atom is -0.393 e. The molecule has 0 unspecified atom stereocenters. The monoisotopic (exact) mass is 265 g/mol. The van der Waals surface area contributed by atoms with Crippen molar-refractivity contribution in [2.24, 2.45) is 5.10 Å². The van der Waals surface area contributed by atoms with Crippen LogP contribution < -0.4 is 5.43 Å². The van der Waals surface area contributed by atoms with Crippen molar-refractivity contribution in [3.8, 4) is 0 Å². The second kappa shape index (κ2) is 7.22. The minimum atomic E-state index is -0.536. The van der Waals surface area contributed by atoms with E-state index in [0.29, 0.717) is 12.0 Å². The van der Waals surface area contributed by atoms with Crippen molar-refractivity contribution < 1.29 is 14.8 Å². The van der Waals surface area contributed by atoms with E-state index in [9.17, 15) is 14.9 Å². The Morgan fingerprint density at radius 3 is 3.00 bits per heavy atom. The van der Waals surface area contributed by atoms with Crippen LogP contribution in [0.2, 0.25) is 0 Å². The zero-order chi connectivity index (χ0) is 14.3. The second-order valence-corrected chi connectivity index (χ2v) is 4.03. The van der Waals surface area contributed by atoms with E-state index in [1.54, 1.807) is 13.0 Å². The molecule has 0 heterocycles. The average molecular weight is 265 g/mol. The van der Waals surface area contributed by atoms with Gasteiger partial charge in [0.05, 0.1) is 17.2 Å². The first kappa shape index (κ1) is 14.8. The fraction of sp³-hybridized carbons (Fsp3) is 0.333. The van der Waals surface area contributed by atoms with Gasteiger partial charge in [0.2, 0.25) is 5.91 Å². The lowest BCUT2D eigenvalue weighted by molar-refractivity contribution is -0.384. The van der Waals surface area contributed by atoms with Crippen molar-refractivity contribution in [3.05, 3.63) is 39.9 Å². The first-order chi connectivity index (χ1) is 8.99. The summed E-state index contributed by atoms with van der Waals surface area (Å²) in [6.07, 6.45) is 1.32. The Labute approximate surface area is 110 Å². The van der Waals surface area contributed by atoms with Crippen LogP contribution in [0.25, 0.3) is 0 Å². The molecule has 0 saturated carbocycles. The van der Waals surface area contributed by atoms with Gasteiger partial charge in [0.15, 0.2) is 0 Å². The summed E-state index contributed by atoms with van der Waals surface area (Å²) in [5.74, 6) is -0.317. The zero-order valence-corrected chi connectivity index (χ0v) is 10.4. The molecular weight excluding hydrogens is 250 g/mol. The Hall–Kier alpha value is -2.28. The van der Waals surface area contributed by atoms with Gasteiger partial charge in [0.1, 0.15) is 0 Å². The summed E-state index contributed by atoms with van der Waals surface area (Å²) in [4.78, 5) is 21.3. The number of nitro benzene ring substituents is 1. The molecule has 0 fully saturated rings. The van der Waals surface area contributed by atoms with E-state index in [0.717, 1.165) is 0 Å². The van der Waals surface area contributed by atoms with Gasteiger partial charge in [-0.2, -0.15) is 5.10 Å². The van der Waals surface area contributed by atoms with Crippen molar-refractivity contribution in [2.45, 2.75) is 25.9 Å². The van der Waals surface area contributed by atoms with Crippen molar-refractivity contribution >= 4 is 17.8 Å². The quantitative estimate of drug-likeness (QED) is 0.458. The van der Waals surface area contributed by atoms with Crippen molar-refractivity contribution in [3.63, 3.8) is 0 Å². The number of rotatable bonds is 6. The molecule has 1 aromatic rings. The van der Waals surface area contributed by atoms with E-state index < -0.39 is 11.0 Å². The number of carbonyl (C=O) groups is 1. The van der Waals surface area contributed by atoms with Gasteiger partial charge in [-0.1, -0.05) is 12.1 Å². The van der Waals surface area contributed by atoms with Crippen molar-refractivity contribution in [1.29, 1.82) is 0 Å². The Balaban J connectivity index is 2.50. The number of amides is 1. The molecule has 7 nitrogen and oxygen atoms in total. The number of carbonyl (C=O) groups excluding carboxylic acids is 1. The summed E-state index contributed by atoms with van der Waals surface area (Å²) in [5, 5.41) is 23.2. The second-order valence-electron chi connectivity index (χ2n) is 4.03. The molecule has 1 rings (SSSR count). The van der Waals surface area contributed by atoms with Gasteiger partial charge < -0.3 is 5.11 Å². The maximum Gasteiger partial charge on any atom is 0.270 e. The molecule has 0 aliphatic rings. The van der Waals surface area contributed by atoms with Gasteiger partial charge in [-0.25, -0.2) is 5.43 Å². The highest BCUT2D eigenvalue weighted by Crippen LogP contribution is 2.11. The summed E-state index contributed by atoms with van der Waals surface area (Å²) < 4.78 is 0. The number of aliphatic hydroxyl groups excluding tert-OH is 1. The van der Waals surface area contributed by atoms with Crippen LogP contribution in [-0.2, 0) is 4.79 Å². The molecule has 1 amide bonds. The largest absolute Gasteiger partial charge is 0.393 e. The predicted molar refractivity (Wildman–Crippen MR) is 69.7 cm³/mol. The van der Waals surface area contributed by atoms with Gasteiger partial charge in [-0.05, 0) is 13.3 Å². The summed E-state index contributed by atoms with van der Waals surface area (Å²) >= 11 is 0. The average Bonchev–Trinajstić information content (AvgIpc) is 2.36. The Bertz CT molecular complexity index is 486. The molecule has 0 spiro atoms. The van der Waals surface area contributed by atoms with Gasteiger partial charge in [0.25, 0.3) is 5.69 Å². The summed E-state index contributed by atoms with van der Waals surface area (Å²) in [6.45, 7) is 1.60. The SMILES string of the molecule is C[C@H](O)CCC(=O)N/N=C\c1cccc([N+](=O)[O-])c1. The van der Waals surface area contributed by atoms with Crippen molar-refractivity contribution in [1.82, 2.24) is 5.43 Å². The highest BCUT2D eigenvalue weighted by molar-refractivity contribution is 5.83. The van der Waals surface area contributed by atoms with Crippen LogP contribution in [0.1, 0.15) is 25.3 Å². The summed E-state index contributed by atoms with van der Waals surface area (Å²) in [5.41, 5.74) is 2.77. The number of benzene rings is 1. The number of hydrogen-bond donors (Lipinski definition) is 2. The van der Waals surface area contributed by atoms with Gasteiger partial charge >= 0.3 is 0 Å². The smallest absolute Gasteiger partial charge is 0.270 e. The first-order valence-corrected chi connectivity index (χ1v) is 5.73. The molecule has 2 N–H and O–H groups in total. The van der Waals surface area contributed by atoms with E-state index in [2.05, 4.69) is 10.5 Å². The molecular formula is C12H15N3O4. The third kappa shape index (κ3) is 5.73. The summed E-state index contributed by atoms with van der Waals surface area (Å²) in [6, 6.07) is 5.90. The van der Waals surface area contributed by atoms with E-state index in [-0.39, 0.29) is 18.0 Å². The van der Waals surface area contributed by atoms with Crippen LogP contribution in [0.15, 0.2) is 29.4 Å². The molecule has 19 heavy (non-hydrogen) atoms. The number of nitrogens with zero attached hydrogens (tertiary/aromatic N) is 2. The maximum atomic E-state index is 11.3. The topological polar surface area (TPSA) is 105 Å². The third-order valence-corrected chi connectivity index (χ3v) is 2.27. The van der Waals surface area contributed by atoms with E-state index in [1.807, 2.05) is 0 Å². The van der Waals surface area contributed by atoms with Crippen LogP contribution in [0, 0.1) is 10.1 Å². The molecule has 0 aliphatic heterocycles. The van der Waals surface area contributed by atoms with Gasteiger partial charge in [0, 0.05) is 24.1 Å². The molecule has 0 bridgehead atoms. The molecule has 7 heteroatoms. The van der Waals surface area contributed by atoms with Gasteiger partial charge in [-0.15, -0.1) is 0 Å². The van der Waals surface area contributed by atoms with Crippen LogP contribution in [0.5, 0.6) is 0 Å². The number of nitrogens with one attached hydrogen (secondary N) is 1. The molecule has 0 radical (unpaired) electrons. The van der Waals surface area contributed by atoms with Crippen LogP contribution in [-0.4, -0.2) is 28.3 Å². The maximum absolute atomic E-state index is 11.3. The lowest BCUT2D eigenvalue weighted by Gasteiger charge is -2.02. The molecule has 102 valence electrons. The van der Waals surface area contributed by atoms with Crippen molar-refractivity contribution in [2.75, 3.05) is 0 Å². The highest BCUT2D eigenvalue weighted by atomic mass is 16.6. The van der Waals surface area contributed by atoms with Gasteiger partial charge in [-0.3, -0.25) is 14.9 Å². The zero-order valence-electron chi connectivity index (χ0n) is 10.4. The van der Waals surface area contributed by atoms with E-state index >= 15 is 0 Å². The minimum absolute atomic E-state index is 0.0376. The molecule has 0 aromatic heterocycles. The fourth-order valence-electron chi connectivity index (χ4n) is 1.29. The molecule has 0 aliphatic carbocycles. The Morgan fingerprint density at radius 1 is 1.63 bits per heavy atom. The highest BCUT2D eigenvalue weighted by Gasteiger charge is 2.04. The predicted octanol–water partition coefficient (Wildman–Crippen LogP) is 1.21. The van der Waals surface area contributed by atoms with E-state index in [1.165, 1.54) is 24.4 Å². The Morgan fingerprint density at radius 2 is 2.37 bits per heavy atom. The van der Waals surface area contributed by atoms with E-state index in [4.69, 9.17) is 5.11 Å². The van der Waals surface area contributed by atoms with Crippen LogP contribution in [0.3, 0.4) is 0 Å². The fourth-order valence-corrected chi connectivity index (χ4v) is 1.29. The van der Waals surface area contributed by atoms with Crippen LogP contribution >= 0.6 is 0 Å². The molecule has 0 saturated heterocycles. The normalized spacial score (nSPS) is 12.3. The number of non-ortho nitro benzene ring substituents is 1. The number of hydrogen-bond acceptors (Lipinski definition) is 5. The standard InChI is InChI=1S/C12H15N3O4/c1-9(16)5-6-12(17)14-13-8-10-3-2-4-11(7-10)15(18)19/h2-4,7-9,16H,5-6H2,1H3,(H,14,17)/b13-8-/t9-/m0/s1. The lowest BCUT2D eigenvalue weighted by atomic mass is 10.2. The molecule has 1 atom stereocenters. The number of hydrazone groups is 1. The number of aliphatic hydroxyl groups is 1. The first-order valence-electron chi connectivity index (χ1n) is 5.73. The number of nitro groups is 1. The molecule has 1 aromatic carbocycles. The Kier molecular flexibility index (Phi) is 5.62. The van der Waals surface area contributed by atoms with Crippen LogP contribution in [0.4, 0.5) is 5.69 Å². The third-order valence-electron chi connectivity index (χ3n) is 2.27. The lowest BCUT2D eigenvalue weighted by Crippen LogP contribution is -2.18.